The molecule has 0 saturated heterocycles. The van der Waals surface area contributed by atoms with Gasteiger partial charge in [0.2, 0.25) is 0 Å². The number of anilines is 1. The van der Waals surface area contributed by atoms with Crippen LogP contribution in [0.5, 0.6) is 0 Å². The van der Waals surface area contributed by atoms with Gasteiger partial charge in [-0.1, -0.05) is 12.1 Å². The number of halogens is 4. The van der Waals surface area contributed by atoms with Gasteiger partial charge in [-0.25, -0.2) is 4.39 Å². The molecule has 1 aliphatic carbocycles. The normalized spacial score (nSPS) is 14.7. The van der Waals surface area contributed by atoms with Gasteiger partial charge >= 0.3 is 12.1 Å². The first kappa shape index (κ1) is 24.8. The Bertz CT molecular complexity index is 1310. The molecule has 0 aliphatic heterocycles. The summed E-state index contributed by atoms with van der Waals surface area (Å²) in [4.78, 5) is 24.3. The molecule has 35 heavy (non-hydrogen) atoms. The zero-order valence-electron chi connectivity index (χ0n) is 19.4. The number of nitrogens with one attached hydrogen (secondary N) is 1. The van der Waals surface area contributed by atoms with Crippen LogP contribution >= 0.6 is 0 Å². The van der Waals surface area contributed by atoms with E-state index in [0.717, 1.165) is 41.6 Å². The van der Waals surface area contributed by atoms with Crippen molar-refractivity contribution in [3.63, 3.8) is 0 Å². The second-order valence-electron chi connectivity index (χ2n) is 8.93. The molecule has 2 aromatic carbocycles. The number of carbonyl (C=O) groups is 1. The topological polar surface area (TPSA) is 60.3 Å². The van der Waals surface area contributed by atoms with Gasteiger partial charge in [-0.15, -0.1) is 0 Å². The number of rotatable bonds is 8. The van der Waals surface area contributed by atoms with Crippen LogP contribution in [0.3, 0.4) is 0 Å². The highest BCUT2D eigenvalue weighted by atomic mass is 19.4. The molecule has 0 unspecified atom stereocenters. The summed E-state index contributed by atoms with van der Waals surface area (Å²) in [6, 6.07) is 8.19. The maximum atomic E-state index is 13.9. The number of pyridine rings is 1. The predicted octanol–water partition coefficient (Wildman–Crippen LogP) is 5.82. The molecule has 0 spiro atoms. The Morgan fingerprint density at radius 1 is 1.17 bits per heavy atom. The minimum absolute atomic E-state index is 0.0791. The van der Waals surface area contributed by atoms with Crippen molar-refractivity contribution in [3.05, 3.63) is 75.5 Å². The number of benzene rings is 2. The second kappa shape index (κ2) is 9.71. The van der Waals surface area contributed by atoms with Gasteiger partial charge in [0, 0.05) is 36.1 Å². The number of nitrogens with zero attached hydrogens (tertiary/aromatic N) is 1. The zero-order valence-corrected chi connectivity index (χ0v) is 19.4. The summed E-state index contributed by atoms with van der Waals surface area (Å²) < 4.78 is 58.9. The summed E-state index contributed by atoms with van der Waals surface area (Å²) in [5.41, 5.74) is 0.851. The van der Waals surface area contributed by atoms with Crippen molar-refractivity contribution in [2.75, 3.05) is 18.5 Å². The molecule has 4 rings (SSSR count). The van der Waals surface area contributed by atoms with E-state index in [0.29, 0.717) is 29.8 Å². The van der Waals surface area contributed by atoms with Crippen LogP contribution in [0, 0.1) is 5.82 Å². The van der Waals surface area contributed by atoms with Crippen molar-refractivity contribution in [2.24, 2.45) is 0 Å². The molecule has 1 aromatic heterocycles. The van der Waals surface area contributed by atoms with E-state index in [-0.39, 0.29) is 18.2 Å². The number of hydrogen-bond acceptors (Lipinski definition) is 4. The fraction of sp³-hybridized carbons (Fsp3) is 0.385. The largest absolute Gasteiger partial charge is 0.464 e. The van der Waals surface area contributed by atoms with Gasteiger partial charge < -0.3 is 14.6 Å². The van der Waals surface area contributed by atoms with E-state index in [9.17, 15) is 27.2 Å². The monoisotopic (exact) mass is 490 g/mol. The summed E-state index contributed by atoms with van der Waals surface area (Å²) in [6.45, 7) is 3.54. The van der Waals surface area contributed by atoms with Crippen LogP contribution in [0.15, 0.2) is 47.4 Å². The Hall–Kier alpha value is -3.36. The first-order valence-corrected chi connectivity index (χ1v) is 11.5. The highest BCUT2D eigenvalue weighted by Crippen LogP contribution is 2.45. The number of aromatic nitrogens is 1. The molecule has 9 heteroatoms. The number of esters is 1. The smallest absolute Gasteiger partial charge is 0.419 e. The van der Waals surface area contributed by atoms with Gasteiger partial charge in [0.15, 0.2) is 0 Å². The lowest BCUT2D eigenvalue weighted by atomic mass is 10.0. The van der Waals surface area contributed by atoms with Gasteiger partial charge in [-0.2, -0.15) is 13.2 Å². The molecule has 1 atom stereocenters. The van der Waals surface area contributed by atoms with Crippen molar-refractivity contribution >= 4 is 22.4 Å². The molecule has 1 fully saturated rings. The number of hydrogen-bond donors (Lipinski definition) is 1. The fourth-order valence-electron chi connectivity index (χ4n) is 4.23. The molecular formula is C26H26F4N2O3. The van der Waals surface area contributed by atoms with Gasteiger partial charge in [0.1, 0.15) is 12.4 Å². The van der Waals surface area contributed by atoms with Crippen molar-refractivity contribution in [3.8, 4) is 0 Å². The van der Waals surface area contributed by atoms with Crippen LogP contribution in [0.25, 0.3) is 10.8 Å². The molecule has 0 radical (unpaired) electrons. The number of ether oxygens (including phenoxy) is 1. The molecule has 1 aliphatic rings. The number of carbonyl (C=O) groups excluding carboxylic acids is 1. The SMILES string of the molecule is CC(=O)OC[C@@H](C)n1ccc2c(NCCc3ccc(C(F)(F)F)c(F)c3)c(C3CC3)ccc2c1=O. The van der Waals surface area contributed by atoms with E-state index in [1.54, 1.807) is 19.2 Å². The zero-order chi connectivity index (χ0) is 25.3. The molecule has 186 valence electrons. The number of fused-ring (bicyclic) bond motifs is 1. The Balaban J connectivity index is 1.58. The first-order valence-electron chi connectivity index (χ1n) is 11.5. The molecule has 3 aromatic rings. The second-order valence-corrected chi connectivity index (χ2v) is 8.93. The highest BCUT2D eigenvalue weighted by Gasteiger charge is 2.34. The molecule has 5 nitrogen and oxygen atoms in total. The van der Waals surface area contributed by atoms with Gasteiger partial charge in [0.25, 0.3) is 5.56 Å². The third-order valence-electron chi connectivity index (χ3n) is 6.22. The lowest BCUT2D eigenvalue weighted by Gasteiger charge is -2.19. The number of alkyl halides is 3. The quantitative estimate of drug-likeness (QED) is 0.320. The van der Waals surface area contributed by atoms with E-state index in [1.165, 1.54) is 17.6 Å². The molecule has 0 bridgehead atoms. The lowest BCUT2D eigenvalue weighted by Crippen LogP contribution is -2.26. The standard InChI is InChI=1S/C26H26F4N2O3/c1-15(14-35-16(2)33)32-12-10-20-21(25(32)34)7-6-19(18-4-5-18)24(20)31-11-9-17-3-8-22(23(27)13-17)26(28,29)30/h3,6-8,10,12-13,15,18,31H,4-5,9,11,14H2,1-2H3/t15-/m1/s1. The van der Waals surface area contributed by atoms with Crippen LogP contribution in [0.2, 0.25) is 0 Å². The maximum Gasteiger partial charge on any atom is 0.419 e. The van der Waals surface area contributed by atoms with Gasteiger partial charge in [-0.3, -0.25) is 9.59 Å². The van der Waals surface area contributed by atoms with Crippen LogP contribution in [0.1, 0.15) is 55.3 Å². The third kappa shape index (κ3) is 5.49. The highest BCUT2D eigenvalue weighted by molar-refractivity contribution is 5.95. The van der Waals surface area contributed by atoms with Crippen molar-refractivity contribution in [1.82, 2.24) is 4.57 Å². The van der Waals surface area contributed by atoms with Crippen LogP contribution in [-0.4, -0.2) is 23.7 Å². The average molecular weight is 490 g/mol. The third-order valence-corrected chi connectivity index (χ3v) is 6.22. The van der Waals surface area contributed by atoms with Crippen LogP contribution in [-0.2, 0) is 22.1 Å². The predicted molar refractivity (Wildman–Crippen MR) is 125 cm³/mol. The van der Waals surface area contributed by atoms with Crippen LogP contribution < -0.4 is 10.9 Å². The van der Waals surface area contributed by atoms with Crippen molar-refractivity contribution < 1.29 is 27.1 Å². The van der Waals surface area contributed by atoms with Crippen molar-refractivity contribution in [1.29, 1.82) is 0 Å². The average Bonchev–Trinajstić information content (AvgIpc) is 3.62. The minimum atomic E-state index is -4.73. The molecule has 1 N–H and O–H groups in total. The maximum absolute atomic E-state index is 13.9. The molecule has 1 saturated carbocycles. The van der Waals surface area contributed by atoms with Gasteiger partial charge in [-0.05, 0) is 67.5 Å². The Morgan fingerprint density at radius 2 is 1.91 bits per heavy atom. The summed E-state index contributed by atoms with van der Waals surface area (Å²) in [7, 11) is 0. The molecule has 0 amide bonds. The van der Waals surface area contributed by atoms with E-state index < -0.39 is 23.5 Å². The van der Waals surface area contributed by atoms with E-state index in [4.69, 9.17) is 4.74 Å². The Labute approximate surface area is 199 Å². The van der Waals surface area contributed by atoms with E-state index >= 15 is 0 Å². The minimum Gasteiger partial charge on any atom is -0.464 e. The Morgan fingerprint density at radius 3 is 2.54 bits per heavy atom. The lowest BCUT2D eigenvalue weighted by molar-refractivity contribution is -0.142. The summed E-state index contributed by atoms with van der Waals surface area (Å²) in [5.74, 6) is -1.32. The summed E-state index contributed by atoms with van der Waals surface area (Å²) in [6.07, 6.45) is -0.662. The van der Waals surface area contributed by atoms with Crippen LogP contribution in [0.4, 0.5) is 23.2 Å². The van der Waals surface area contributed by atoms with Crippen molar-refractivity contribution in [2.45, 2.75) is 51.2 Å². The Kier molecular flexibility index (Phi) is 6.87. The van der Waals surface area contributed by atoms with Gasteiger partial charge in [0.05, 0.1) is 11.6 Å². The first-order chi connectivity index (χ1) is 16.6. The molecular weight excluding hydrogens is 464 g/mol. The summed E-state index contributed by atoms with van der Waals surface area (Å²) >= 11 is 0. The molecule has 1 heterocycles. The van der Waals surface area contributed by atoms with E-state index in [2.05, 4.69) is 5.32 Å². The fourth-order valence-corrected chi connectivity index (χ4v) is 4.23. The van der Waals surface area contributed by atoms with E-state index in [1.807, 2.05) is 12.1 Å². The summed E-state index contributed by atoms with van der Waals surface area (Å²) in [5, 5.41) is 4.60.